The molecule has 5 heteroatoms. The molecule has 0 fully saturated rings. The SMILES string of the molecule is CC(C)(O)CN(CCO)CC(F)F. The smallest absolute Gasteiger partial charge is 0.251 e. The first kappa shape index (κ1) is 12.7. The number of hydrogen-bond acceptors (Lipinski definition) is 3. The van der Waals surface area contributed by atoms with E-state index in [9.17, 15) is 13.9 Å². The van der Waals surface area contributed by atoms with Crippen LogP contribution in [-0.2, 0) is 0 Å². The van der Waals surface area contributed by atoms with Crippen LogP contribution in [-0.4, -0.2) is 53.4 Å². The van der Waals surface area contributed by atoms with Crippen LogP contribution in [0.3, 0.4) is 0 Å². The average Bonchev–Trinajstić information content (AvgIpc) is 1.81. The van der Waals surface area contributed by atoms with Crippen molar-refractivity contribution in [2.24, 2.45) is 0 Å². The van der Waals surface area contributed by atoms with E-state index in [4.69, 9.17) is 5.11 Å². The molecule has 13 heavy (non-hydrogen) atoms. The summed E-state index contributed by atoms with van der Waals surface area (Å²) in [7, 11) is 0. The third kappa shape index (κ3) is 8.08. The summed E-state index contributed by atoms with van der Waals surface area (Å²) in [4.78, 5) is 1.34. The van der Waals surface area contributed by atoms with Crippen LogP contribution in [0.2, 0.25) is 0 Å². The van der Waals surface area contributed by atoms with E-state index in [1.54, 1.807) is 13.8 Å². The van der Waals surface area contributed by atoms with Crippen molar-refractivity contribution in [1.29, 1.82) is 0 Å². The lowest BCUT2D eigenvalue weighted by atomic mass is 10.1. The van der Waals surface area contributed by atoms with Crippen molar-refractivity contribution in [3.8, 4) is 0 Å². The zero-order valence-electron chi connectivity index (χ0n) is 8.00. The van der Waals surface area contributed by atoms with Gasteiger partial charge >= 0.3 is 0 Å². The predicted octanol–water partition coefficient (Wildman–Crippen LogP) is 0.317. The van der Waals surface area contributed by atoms with Gasteiger partial charge in [0.2, 0.25) is 0 Å². The van der Waals surface area contributed by atoms with Crippen LogP contribution in [0.1, 0.15) is 13.8 Å². The Morgan fingerprint density at radius 3 is 2.23 bits per heavy atom. The number of alkyl halides is 2. The molecule has 0 atom stereocenters. The maximum atomic E-state index is 12.0. The maximum Gasteiger partial charge on any atom is 0.251 e. The molecule has 2 N–H and O–H groups in total. The van der Waals surface area contributed by atoms with Gasteiger partial charge in [-0.3, -0.25) is 4.90 Å². The van der Waals surface area contributed by atoms with Gasteiger partial charge in [-0.1, -0.05) is 0 Å². The van der Waals surface area contributed by atoms with Gasteiger partial charge in [-0.2, -0.15) is 0 Å². The molecule has 0 aromatic carbocycles. The van der Waals surface area contributed by atoms with Gasteiger partial charge in [-0.15, -0.1) is 0 Å². The highest BCUT2D eigenvalue weighted by Gasteiger charge is 2.20. The summed E-state index contributed by atoms with van der Waals surface area (Å²) in [6.45, 7) is 2.80. The van der Waals surface area contributed by atoms with Crippen LogP contribution in [0.4, 0.5) is 8.78 Å². The predicted molar refractivity (Wildman–Crippen MR) is 45.8 cm³/mol. The molecule has 0 amide bonds. The van der Waals surface area contributed by atoms with Gasteiger partial charge in [0.25, 0.3) is 6.43 Å². The second-order valence-corrected chi connectivity index (χ2v) is 3.66. The fraction of sp³-hybridized carbons (Fsp3) is 1.00. The van der Waals surface area contributed by atoms with E-state index in [-0.39, 0.29) is 19.7 Å². The Hall–Kier alpha value is -0.260. The van der Waals surface area contributed by atoms with Crippen LogP contribution in [0, 0.1) is 0 Å². The average molecular weight is 197 g/mol. The summed E-state index contributed by atoms with van der Waals surface area (Å²) in [6, 6.07) is 0. The van der Waals surface area contributed by atoms with Crippen LogP contribution in [0.5, 0.6) is 0 Å². The Morgan fingerprint density at radius 1 is 1.38 bits per heavy atom. The van der Waals surface area contributed by atoms with E-state index < -0.39 is 18.6 Å². The zero-order chi connectivity index (χ0) is 10.5. The maximum absolute atomic E-state index is 12.0. The lowest BCUT2D eigenvalue weighted by molar-refractivity contribution is 0.00652. The zero-order valence-corrected chi connectivity index (χ0v) is 8.00. The molecule has 0 rings (SSSR count). The molecule has 0 saturated carbocycles. The summed E-state index contributed by atoms with van der Waals surface area (Å²) in [6.07, 6.45) is -2.44. The quantitative estimate of drug-likeness (QED) is 0.644. The van der Waals surface area contributed by atoms with E-state index in [0.29, 0.717) is 0 Å². The Bertz CT molecular complexity index is 137. The molecule has 0 aromatic rings. The highest BCUT2D eigenvalue weighted by molar-refractivity contribution is 4.72. The van der Waals surface area contributed by atoms with Crippen molar-refractivity contribution in [2.45, 2.75) is 25.9 Å². The standard InChI is InChI=1S/C8H17F2NO2/c1-8(2,13)6-11(3-4-12)5-7(9)10/h7,12-13H,3-6H2,1-2H3. The highest BCUT2D eigenvalue weighted by atomic mass is 19.3. The van der Waals surface area contributed by atoms with Crippen molar-refractivity contribution < 1.29 is 19.0 Å². The van der Waals surface area contributed by atoms with E-state index in [0.717, 1.165) is 0 Å². The second kappa shape index (κ2) is 5.47. The van der Waals surface area contributed by atoms with Crippen molar-refractivity contribution in [1.82, 2.24) is 4.90 Å². The molecule has 0 spiro atoms. The van der Waals surface area contributed by atoms with Crippen molar-refractivity contribution >= 4 is 0 Å². The van der Waals surface area contributed by atoms with Crippen LogP contribution < -0.4 is 0 Å². The first-order valence-corrected chi connectivity index (χ1v) is 4.19. The van der Waals surface area contributed by atoms with E-state index in [1.807, 2.05) is 0 Å². The van der Waals surface area contributed by atoms with Gasteiger partial charge in [-0.25, -0.2) is 8.78 Å². The Labute approximate surface area is 77.0 Å². The number of rotatable bonds is 6. The van der Waals surface area contributed by atoms with Gasteiger partial charge in [0.15, 0.2) is 0 Å². The lowest BCUT2D eigenvalue weighted by Crippen LogP contribution is -2.42. The van der Waals surface area contributed by atoms with Crippen LogP contribution in [0.15, 0.2) is 0 Å². The minimum atomic E-state index is -2.44. The summed E-state index contributed by atoms with van der Waals surface area (Å²) in [5.74, 6) is 0. The normalized spacial score (nSPS) is 12.9. The molecular formula is C8H17F2NO2. The van der Waals surface area contributed by atoms with Gasteiger partial charge in [0, 0.05) is 13.1 Å². The topological polar surface area (TPSA) is 43.7 Å². The van der Waals surface area contributed by atoms with E-state index >= 15 is 0 Å². The van der Waals surface area contributed by atoms with Gasteiger partial charge in [0.05, 0.1) is 18.8 Å². The summed E-state index contributed by atoms with van der Waals surface area (Å²) < 4.78 is 24.0. The molecule has 0 saturated heterocycles. The van der Waals surface area contributed by atoms with Crippen LogP contribution in [0.25, 0.3) is 0 Å². The first-order chi connectivity index (χ1) is 5.85. The molecular weight excluding hydrogens is 180 g/mol. The first-order valence-electron chi connectivity index (χ1n) is 4.19. The molecule has 0 aromatic heterocycles. The fourth-order valence-electron chi connectivity index (χ4n) is 1.12. The number of aliphatic hydroxyl groups excluding tert-OH is 1. The lowest BCUT2D eigenvalue weighted by Gasteiger charge is -2.27. The Morgan fingerprint density at radius 2 is 1.92 bits per heavy atom. The summed E-state index contributed by atoms with van der Waals surface area (Å²) in [5.41, 5.74) is -1.01. The molecule has 0 aliphatic heterocycles. The number of nitrogens with zero attached hydrogens (tertiary/aromatic N) is 1. The minimum Gasteiger partial charge on any atom is -0.395 e. The molecule has 80 valence electrons. The minimum absolute atomic E-state index is 0.137. The second-order valence-electron chi connectivity index (χ2n) is 3.66. The third-order valence-electron chi connectivity index (χ3n) is 1.42. The van der Waals surface area contributed by atoms with Gasteiger partial charge in [0.1, 0.15) is 0 Å². The number of aliphatic hydroxyl groups is 2. The summed E-state index contributed by atoms with van der Waals surface area (Å²) in [5, 5.41) is 17.9. The monoisotopic (exact) mass is 197 g/mol. The summed E-state index contributed by atoms with van der Waals surface area (Å²) >= 11 is 0. The fourth-order valence-corrected chi connectivity index (χ4v) is 1.12. The molecule has 3 nitrogen and oxygen atoms in total. The largest absolute Gasteiger partial charge is 0.395 e. The molecule has 0 aliphatic carbocycles. The Balaban J connectivity index is 3.94. The highest BCUT2D eigenvalue weighted by Crippen LogP contribution is 2.06. The molecule has 0 unspecified atom stereocenters. The van der Waals surface area contributed by atoms with E-state index in [2.05, 4.69) is 0 Å². The molecule has 0 bridgehead atoms. The number of hydrogen-bond donors (Lipinski definition) is 2. The third-order valence-corrected chi connectivity index (χ3v) is 1.42. The van der Waals surface area contributed by atoms with Crippen molar-refractivity contribution in [3.05, 3.63) is 0 Å². The number of halogens is 2. The van der Waals surface area contributed by atoms with Crippen molar-refractivity contribution in [3.63, 3.8) is 0 Å². The van der Waals surface area contributed by atoms with Gasteiger partial charge in [-0.05, 0) is 13.8 Å². The van der Waals surface area contributed by atoms with E-state index in [1.165, 1.54) is 4.90 Å². The Kier molecular flexibility index (Phi) is 5.36. The molecule has 0 heterocycles. The van der Waals surface area contributed by atoms with Crippen molar-refractivity contribution in [2.75, 3.05) is 26.2 Å². The van der Waals surface area contributed by atoms with Gasteiger partial charge < -0.3 is 10.2 Å². The molecule has 0 aliphatic rings. The van der Waals surface area contributed by atoms with Crippen LogP contribution >= 0.6 is 0 Å². The molecule has 0 radical (unpaired) electrons.